The van der Waals surface area contributed by atoms with Gasteiger partial charge < -0.3 is 10.0 Å². The van der Waals surface area contributed by atoms with Gasteiger partial charge in [0.05, 0.1) is 5.69 Å². The Hall–Kier alpha value is -1.69. The second kappa shape index (κ2) is 4.70. The van der Waals surface area contributed by atoms with Crippen molar-refractivity contribution in [2.75, 3.05) is 11.9 Å². The van der Waals surface area contributed by atoms with Crippen molar-refractivity contribution in [2.24, 2.45) is 17.8 Å². The summed E-state index contributed by atoms with van der Waals surface area (Å²) in [5.41, 5.74) is 0.606. The lowest BCUT2D eigenvalue weighted by atomic mass is 9.92. The molecule has 1 heterocycles. The van der Waals surface area contributed by atoms with E-state index in [-0.39, 0.29) is 17.4 Å². The summed E-state index contributed by atoms with van der Waals surface area (Å²) in [6.07, 6.45) is 6.25. The number of carbonyl (C=O) groups excluding carboxylic acids is 1. The number of aromatic nitrogens is 1. The molecular formula is C14H16N2O3S. The highest BCUT2D eigenvalue weighted by Gasteiger charge is 2.41. The number of nitrogens with zero attached hydrogens (tertiary/aromatic N) is 2. The number of hydrogen-bond acceptors (Lipinski definition) is 4. The molecule has 3 unspecified atom stereocenters. The van der Waals surface area contributed by atoms with E-state index in [2.05, 4.69) is 16.5 Å². The molecule has 1 aromatic heterocycles. The summed E-state index contributed by atoms with van der Waals surface area (Å²) in [7, 11) is 1.65. The van der Waals surface area contributed by atoms with Gasteiger partial charge in [0.2, 0.25) is 5.91 Å². The minimum atomic E-state index is -1.03. The second-order valence-corrected chi connectivity index (χ2v) is 6.29. The molecule has 6 heteroatoms. The van der Waals surface area contributed by atoms with Crippen LogP contribution in [-0.4, -0.2) is 28.4 Å². The number of anilines is 1. The van der Waals surface area contributed by atoms with E-state index >= 15 is 0 Å². The second-order valence-electron chi connectivity index (χ2n) is 5.54. The molecule has 1 saturated carbocycles. The molecule has 5 nitrogen and oxygen atoms in total. The van der Waals surface area contributed by atoms with Crippen LogP contribution in [0.5, 0.6) is 0 Å². The van der Waals surface area contributed by atoms with Gasteiger partial charge in [0.25, 0.3) is 0 Å². The number of aryl methyl sites for hydroxylation is 1. The van der Waals surface area contributed by atoms with Crippen LogP contribution in [0.15, 0.2) is 12.2 Å². The standard InChI is InChI=1S/C14H16N2O3S/c1-7-11(14(18)19)13(20-15-7)16(2)12(17)10-6-8-3-4-9(10)5-8/h3-4,8-10H,5-6H2,1-2H3,(H,18,19). The van der Waals surface area contributed by atoms with Crippen LogP contribution in [0, 0.1) is 24.7 Å². The van der Waals surface area contributed by atoms with Crippen LogP contribution in [0.25, 0.3) is 0 Å². The lowest BCUT2D eigenvalue weighted by Crippen LogP contribution is -2.35. The quantitative estimate of drug-likeness (QED) is 0.868. The molecule has 20 heavy (non-hydrogen) atoms. The molecule has 3 atom stereocenters. The monoisotopic (exact) mass is 292 g/mol. The summed E-state index contributed by atoms with van der Waals surface area (Å²) < 4.78 is 4.07. The predicted molar refractivity (Wildman–Crippen MR) is 76.1 cm³/mol. The third-order valence-electron chi connectivity index (χ3n) is 4.29. The molecule has 2 aliphatic carbocycles. The van der Waals surface area contributed by atoms with Gasteiger partial charge in [0.1, 0.15) is 10.6 Å². The van der Waals surface area contributed by atoms with E-state index in [9.17, 15) is 14.7 Å². The Bertz CT molecular complexity index is 608. The van der Waals surface area contributed by atoms with Crippen molar-refractivity contribution in [1.82, 2.24) is 4.37 Å². The molecule has 0 aliphatic heterocycles. The Kier molecular flexibility index (Phi) is 3.12. The smallest absolute Gasteiger partial charge is 0.340 e. The van der Waals surface area contributed by atoms with Crippen molar-refractivity contribution in [3.63, 3.8) is 0 Å². The van der Waals surface area contributed by atoms with E-state index in [1.807, 2.05) is 0 Å². The predicted octanol–water partition coefficient (Wildman–Crippen LogP) is 2.32. The average Bonchev–Trinajstić information content (AvgIpc) is 3.10. The van der Waals surface area contributed by atoms with Gasteiger partial charge in [-0.15, -0.1) is 0 Å². The third kappa shape index (κ3) is 1.95. The number of fused-ring (bicyclic) bond motifs is 2. The maximum Gasteiger partial charge on any atom is 0.340 e. The van der Waals surface area contributed by atoms with Crippen LogP contribution in [0.2, 0.25) is 0 Å². The summed E-state index contributed by atoms with van der Waals surface area (Å²) in [6.45, 7) is 1.65. The molecule has 2 aliphatic rings. The number of carboxylic acids is 1. The minimum absolute atomic E-state index is 0.00741. The zero-order valence-corrected chi connectivity index (χ0v) is 12.2. The van der Waals surface area contributed by atoms with Crippen molar-refractivity contribution in [3.8, 4) is 0 Å². The lowest BCUT2D eigenvalue weighted by molar-refractivity contribution is -0.122. The largest absolute Gasteiger partial charge is 0.478 e. The van der Waals surface area contributed by atoms with Gasteiger partial charge in [-0.05, 0) is 43.1 Å². The van der Waals surface area contributed by atoms with Crippen molar-refractivity contribution < 1.29 is 14.7 Å². The van der Waals surface area contributed by atoms with E-state index in [4.69, 9.17) is 0 Å². The highest BCUT2D eigenvalue weighted by Crippen LogP contribution is 2.44. The maximum atomic E-state index is 12.6. The van der Waals surface area contributed by atoms with E-state index < -0.39 is 5.97 Å². The molecule has 1 amide bonds. The van der Waals surface area contributed by atoms with Crippen LogP contribution in [0.3, 0.4) is 0 Å². The molecule has 0 radical (unpaired) electrons. The van der Waals surface area contributed by atoms with Gasteiger partial charge in [-0.1, -0.05) is 12.2 Å². The zero-order valence-electron chi connectivity index (χ0n) is 11.4. The van der Waals surface area contributed by atoms with Gasteiger partial charge in [-0.3, -0.25) is 4.79 Å². The fourth-order valence-corrected chi connectivity index (χ4v) is 4.10. The Morgan fingerprint density at radius 1 is 1.40 bits per heavy atom. The van der Waals surface area contributed by atoms with Gasteiger partial charge in [-0.2, -0.15) is 4.37 Å². The van der Waals surface area contributed by atoms with Crippen LogP contribution in [-0.2, 0) is 4.79 Å². The van der Waals surface area contributed by atoms with Gasteiger partial charge in [0, 0.05) is 13.0 Å². The first-order valence-corrected chi connectivity index (χ1v) is 7.41. The molecule has 0 aromatic carbocycles. The SMILES string of the molecule is Cc1nsc(N(C)C(=O)C2CC3C=CC2C3)c1C(=O)O. The zero-order chi connectivity index (χ0) is 14.4. The number of amides is 1. The molecular weight excluding hydrogens is 276 g/mol. The van der Waals surface area contributed by atoms with E-state index in [0.717, 1.165) is 24.4 Å². The number of allylic oxidation sites excluding steroid dienone is 2. The summed E-state index contributed by atoms with van der Waals surface area (Å²) in [6, 6.07) is 0. The molecule has 2 bridgehead atoms. The lowest BCUT2D eigenvalue weighted by Gasteiger charge is -2.23. The van der Waals surface area contributed by atoms with E-state index in [0.29, 0.717) is 22.5 Å². The van der Waals surface area contributed by atoms with Crippen LogP contribution >= 0.6 is 11.5 Å². The van der Waals surface area contributed by atoms with Crippen molar-refractivity contribution in [3.05, 3.63) is 23.4 Å². The number of carboxylic acid groups (broad SMARTS) is 1. The first-order valence-electron chi connectivity index (χ1n) is 6.64. The summed E-state index contributed by atoms with van der Waals surface area (Å²) in [5.74, 6) is -0.201. The highest BCUT2D eigenvalue weighted by molar-refractivity contribution is 7.11. The fourth-order valence-electron chi connectivity index (χ4n) is 3.25. The van der Waals surface area contributed by atoms with Gasteiger partial charge in [0.15, 0.2) is 0 Å². The Labute approximate surface area is 121 Å². The average molecular weight is 292 g/mol. The molecule has 1 fully saturated rings. The Morgan fingerprint density at radius 2 is 2.15 bits per heavy atom. The highest BCUT2D eigenvalue weighted by atomic mass is 32.1. The van der Waals surface area contributed by atoms with E-state index in [1.165, 1.54) is 4.90 Å². The number of carbonyl (C=O) groups is 2. The summed E-state index contributed by atoms with van der Waals surface area (Å²) in [4.78, 5) is 25.4. The molecule has 3 rings (SSSR count). The Morgan fingerprint density at radius 3 is 2.70 bits per heavy atom. The summed E-state index contributed by atoms with van der Waals surface area (Å²) in [5, 5.41) is 9.69. The first kappa shape index (κ1) is 13.3. The van der Waals surface area contributed by atoms with Gasteiger partial charge in [-0.25, -0.2) is 4.79 Å². The first-order chi connectivity index (χ1) is 9.49. The summed E-state index contributed by atoms with van der Waals surface area (Å²) >= 11 is 1.08. The van der Waals surface area contributed by atoms with Crippen LogP contribution < -0.4 is 4.90 Å². The van der Waals surface area contributed by atoms with E-state index in [1.54, 1.807) is 14.0 Å². The molecule has 1 N–H and O–H groups in total. The Balaban J connectivity index is 1.86. The van der Waals surface area contributed by atoms with Crippen LogP contribution in [0.4, 0.5) is 5.00 Å². The molecule has 106 valence electrons. The normalized spacial score (nSPS) is 27.0. The topological polar surface area (TPSA) is 70.5 Å². The molecule has 0 spiro atoms. The minimum Gasteiger partial charge on any atom is -0.478 e. The van der Waals surface area contributed by atoms with Crippen molar-refractivity contribution in [2.45, 2.75) is 19.8 Å². The van der Waals surface area contributed by atoms with Crippen LogP contribution in [0.1, 0.15) is 28.9 Å². The van der Waals surface area contributed by atoms with Crippen molar-refractivity contribution in [1.29, 1.82) is 0 Å². The third-order valence-corrected chi connectivity index (χ3v) is 5.31. The molecule has 0 saturated heterocycles. The molecule has 1 aromatic rings. The number of aromatic carboxylic acids is 1. The van der Waals surface area contributed by atoms with Crippen molar-refractivity contribution >= 4 is 28.4 Å². The van der Waals surface area contributed by atoms with Gasteiger partial charge >= 0.3 is 5.97 Å². The number of rotatable bonds is 3. The number of hydrogen-bond donors (Lipinski definition) is 1. The fraction of sp³-hybridized carbons (Fsp3) is 0.500. The maximum absolute atomic E-state index is 12.6.